The minimum absolute atomic E-state index is 0.0139. The first-order chi connectivity index (χ1) is 23.0. The molecule has 2 heterocycles. The topological polar surface area (TPSA) is 156 Å². The van der Waals surface area contributed by atoms with Crippen molar-refractivity contribution in [2.24, 2.45) is 0 Å². The average Bonchev–Trinajstić information content (AvgIpc) is 3.44. The summed E-state index contributed by atoms with van der Waals surface area (Å²) in [5.41, 5.74) is 12.1. The molecule has 0 bridgehead atoms. The molecular weight excluding hydrogens is 649 g/mol. The van der Waals surface area contributed by atoms with E-state index >= 15 is 0 Å². The standard InChI is InChI=1S/C26H26N2O6S2.C10H14N2/c29-23(19-35(31,32)24-7-3-1-4-8-24)18-20-11-12-21-13-15-28(16-14-22(21)17-20)26(30)27-36(33,34)25-9-5-2-6-10-25;11-10-2-1-8-3-5-12-6-4-9(8)7-10/h1-12,17H,13-16,18-19H2,(H,27,30);1-2,7,12H,3-6,11H2. The van der Waals surface area contributed by atoms with E-state index in [4.69, 9.17) is 5.73 Å². The number of ketones is 1. The lowest BCUT2D eigenvalue weighted by Gasteiger charge is -2.20. The summed E-state index contributed by atoms with van der Waals surface area (Å²) in [6.45, 7) is 2.83. The molecule has 0 fully saturated rings. The molecule has 2 aliphatic rings. The predicted molar refractivity (Wildman–Crippen MR) is 186 cm³/mol. The van der Waals surface area contributed by atoms with Gasteiger partial charge < -0.3 is 16.0 Å². The second-order valence-electron chi connectivity index (χ2n) is 11.9. The van der Waals surface area contributed by atoms with Gasteiger partial charge in [-0.15, -0.1) is 0 Å². The maximum atomic E-state index is 12.7. The molecule has 0 saturated carbocycles. The van der Waals surface area contributed by atoms with Gasteiger partial charge in [0.2, 0.25) is 0 Å². The van der Waals surface area contributed by atoms with Gasteiger partial charge in [0, 0.05) is 25.2 Å². The van der Waals surface area contributed by atoms with Crippen LogP contribution in [0.1, 0.15) is 27.8 Å². The van der Waals surface area contributed by atoms with Crippen LogP contribution >= 0.6 is 0 Å². The highest BCUT2D eigenvalue weighted by molar-refractivity contribution is 7.92. The first-order valence-electron chi connectivity index (χ1n) is 15.9. The van der Waals surface area contributed by atoms with Gasteiger partial charge in [-0.3, -0.25) is 4.79 Å². The third-order valence-corrected chi connectivity index (χ3v) is 11.4. The largest absolute Gasteiger partial charge is 0.399 e. The first kappa shape index (κ1) is 34.8. The summed E-state index contributed by atoms with van der Waals surface area (Å²) in [7, 11) is -7.68. The van der Waals surface area contributed by atoms with Crippen LogP contribution in [0.3, 0.4) is 0 Å². The Kier molecular flexibility index (Phi) is 11.3. The van der Waals surface area contributed by atoms with Crippen molar-refractivity contribution in [1.29, 1.82) is 0 Å². The maximum Gasteiger partial charge on any atom is 0.331 e. The Morgan fingerprint density at radius 3 is 1.94 bits per heavy atom. The van der Waals surface area contributed by atoms with E-state index in [-0.39, 0.29) is 16.2 Å². The number of benzene rings is 4. The molecule has 2 amide bonds. The molecule has 0 aliphatic carbocycles. The Labute approximate surface area is 282 Å². The zero-order valence-electron chi connectivity index (χ0n) is 26.6. The SMILES string of the molecule is Nc1ccc2c(c1)CCNCC2.O=C(Cc1ccc2c(c1)CCN(C(=O)NS(=O)(=O)c1ccccc1)CC2)CS(=O)(=O)c1ccccc1. The number of amides is 2. The van der Waals surface area contributed by atoms with Gasteiger partial charge in [-0.25, -0.2) is 26.4 Å². The van der Waals surface area contributed by atoms with E-state index in [9.17, 15) is 26.4 Å². The van der Waals surface area contributed by atoms with E-state index in [0.717, 1.165) is 42.7 Å². The summed E-state index contributed by atoms with van der Waals surface area (Å²) in [5, 5.41) is 3.37. The number of Topliss-reactive ketones (excluding diaryl/α,β-unsaturated/α-hetero) is 1. The van der Waals surface area contributed by atoms with E-state index in [2.05, 4.69) is 22.2 Å². The minimum atomic E-state index is -3.97. The molecule has 0 spiro atoms. The van der Waals surface area contributed by atoms with Crippen LogP contribution in [0.2, 0.25) is 0 Å². The summed E-state index contributed by atoms with van der Waals surface area (Å²) in [5.74, 6) is -0.975. The Morgan fingerprint density at radius 2 is 1.25 bits per heavy atom. The van der Waals surface area contributed by atoms with E-state index in [0.29, 0.717) is 31.5 Å². The summed E-state index contributed by atoms with van der Waals surface area (Å²) in [6, 6.07) is 26.7. The number of sulfonamides is 1. The van der Waals surface area contributed by atoms with E-state index in [1.54, 1.807) is 42.5 Å². The van der Waals surface area contributed by atoms with Gasteiger partial charge in [0.25, 0.3) is 10.0 Å². The Bertz CT molecular complexity index is 1970. The number of carbonyl (C=O) groups is 2. The van der Waals surface area contributed by atoms with Crippen LogP contribution < -0.4 is 15.8 Å². The Balaban J connectivity index is 0.000000313. The third kappa shape index (κ3) is 9.30. The van der Waals surface area contributed by atoms with Crippen LogP contribution in [-0.4, -0.2) is 65.5 Å². The number of urea groups is 1. The number of nitrogens with two attached hydrogens (primary N) is 1. The quantitative estimate of drug-likeness (QED) is 0.248. The summed E-state index contributed by atoms with van der Waals surface area (Å²) < 4.78 is 52.1. The molecule has 4 aromatic carbocycles. The zero-order chi connectivity index (χ0) is 34.1. The normalized spacial score (nSPS) is 14.6. The fourth-order valence-electron chi connectivity index (χ4n) is 5.83. The van der Waals surface area contributed by atoms with E-state index in [1.807, 2.05) is 18.2 Å². The van der Waals surface area contributed by atoms with Crippen LogP contribution in [0.25, 0.3) is 0 Å². The number of carbonyl (C=O) groups excluding carboxylic acids is 2. The molecule has 10 nitrogen and oxygen atoms in total. The van der Waals surface area contributed by atoms with Gasteiger partial charge in [-0.1, -0.05) is 60.7 Å². The van der Waals surface area contributed by atoms with Crippen LogP contribution in [0.5, 0.6) is 0 Å². The molecule has 0 unspecified atom stereocenters. The second kappa shape index (κ2) is 15.6. The van der Waals surface area contributed by atoms with Crippen molar-refractivity contribution in [1.82, 2.24) is 14.9 Å². The Hall–Kier alpha value is -4.52. The molecule has 0 saturated heterocycles. The molecule has 4 N–H and O–H groups in total. The lowest BCUT2D eigenvalue weighted by Crippen LogP contribution is -2.43. The van der Waals surface area contributed by atoms with Gasteiger partial charge >= 0.3 is 6.03 Å². The number of sulfone groups is 1. The number of fused-ring (bicyclic) bond motifs is 2. The molecule has 0 radical (unpaired) electrons. The summed E-state index contributed by atoms with van der Waals surface area (Å²) >= 11 is 0. The summed E-state index contributed by atoms with van der Waals surface area (Å²) in [6.07, 6.45) is 3.25. The maximum absolute atomic E-state index is 12.7. The van der Waals surface area contributed by atoms with Crippen LogP contribution in [0.15, 0.2) is 107 Å². The molecule has 0 atom stereocenters. The van der Waals surface area contributed by atoms with Crippen molar-refractivity contribution in [2.45, 2.75) is 41.9 Å². The highest BCUT2D eigenvalue weighted by atomic mass is 32.2. The smallest absolute Gasteiger partial charge is 0.331 e. The fraction of sp³-hybridized carbons (Fsp3) is 0.278. The van der Waals surface area contributed by atoms with Gasteiger partial charge in [0.1, 0.15) is 5.75 Å². The van der Waals surface area contributed by atoms with Crippen molar-refractivity contribution in [2.75, 3.05) is 37.7 Å². The van der Waals surface area contributed by atoms with Crippen molar-refractivity contribution in [3.05, 3.63) is 125 Å². The number of nitrogens with zero attached hydrogens (tertiary/aromatic N) is 1. The molecule has 48 heavy (non-hydrogen) atoms. The highest BCUT2D eigenvalue weighted by Gasteiger charge is 2.24. The monoisotopic (exact) mass is 688 g/mol. The molecule has 12 heteroatoms. The zero-order valence-corrected chi connectivity index (χ0v) is 28.2. The molecule has 252 valence electrons. The number of nitrogens with one attached hydrogen (secondary N) is 2. The van der Waals surface area contributed by atoms with Crippen molar-refractivity contribution >= 4 is 37.4 Å². The van der Waals surface area contributed by atoms with Gasteiger partial charge in [-0.2, -0.15) is 0 Å². The molecule has 4 aromatic rings. The number of rotatable bonds is 7. The van der Waals surface area contributed by atoms with Crippen molar-refractivity contribution < 1.29 is 26.4 Å². The first-order valence-corrected chi connectivity index (χ1v) is 19.0. The number of hydrogen-bond donors (Lipinski definition) is 3. The van der Waals surface area contributed by atoms with Gasteiger partial charge in [-0.05, 0) is 103 Å². The van der Waals surface area contributed by atoms with Crippen molar-refractivity contribution in [3.63, 3.8) is 0 Å². The second-order valence-corrected chi connectivity index (χ2v) is 15.6. The molecule has 6 rings (SSSR count). The lowest BCUT2D eigenvalue weighted by atomic mass is 9.98. The average molecular weight is 689 g/mol. The number of nitrogen functional groups attached to an aromatic ring is 1. The third-order valence-electron chi connectivity index (χ3n) is 8.36. The van der Waals surface area contributed by atoms with Crippen molar-refractivity contribution in [3.8, 4) is 0 Å². The molecule has 2 aliphatic heterocycles. The Morgan fingerprint density at radius 1 is 0.688 bits per heavy atom. The number of hydrogen-bond acceptors (Lipinski definition) is 8. The predicted octanol–water partition coefficient (Wildman–Crippen LogP) is 3.73. The van der Waals surface area contributed by atoms with Crippen LogP contribution in [0, 0.1) is 0 Å². The van der Waals surface area contributed by atoms with E-state index < -0.39 is 37.4 Å². The summed E-state index contributed by atoms with van der Waals surface area (Å²) in [4.78, 5) is 26.8. The fourth-order valence-corrected chi connectivity index (χ4v) is 8.08. The van der Waals surface area contributed by atoms with Crippen LogP contribution in [0.4, 0.5) is 10.5 Å². The molecular formula is C36H40N4O6S2. The van der Waals surface area contributed by atoms with Crippen LogP contribution in [-0.2, 0) is 56.8 Å². The molecule has 0 aromatic heterocycles. The van der Waals surface area contributed by atoms with E-state index in [1.165, 1.54) is 40.3 Å². The lowest BCUT2D eigenvalue weighted by molar-refractivity contribution is -0.116. The highest BCUT2D eigenvalue weighted by Crippen LogP contribution is 2.20. The van der Waals surface area contributed by atoms with Gasteiger partial charge in [0.15, 0.2) is 15.6 Å². The minimum Gasteiger partial charge on any atom is -0.399 e. The number of anilines is 1. The van der Waals surface area contributed by atoms with Gasteiger partial charge in [0.05, 0.1) is 9.79 Å².